The first kappa shape index (κ1) is 23.3. The molecule has 0 aliphatic heterocycles. The highest BCUT2D eigenvalue weighted by atomic mass is 79.9. The average molecular weight is 509 g/mol. The number of carbonyl (C=O) groups excluding carboxylic acids is 1. The number of halogens is 2. The third-order valence-electron chi connectivity index (χ3n) is 4.51. The number of rotatable bonds is 7. The van der Waals surface area contributed by atoms with E-state index in [0.717, 1.165) is 40.9 Å². The van der Waals surface area contributed by atoms with Crippen molar-refractivity contribution in [2.24, 2.45) is 0 Å². The van der Waals surface area contributed by atoms with Gasteiger partial charge in [-0.2, -0.15) is 9.61 Å². The van der Waals surface area contributed by atoms with Gasteiger partial charge in [-0.1, -0.05) is 29.8 Å². The summed E-state index contributed by atoms with van der Waals surface area (Å²) in [7, 11) is 1.76. The highest BCUT2D eigenvalue weighted by Crippen LogP contribution is 2.30. The van der Waals surface area contributed by atoms with Gasteiger partial charge in [0.05, 0.1) is 16.4 Å². The van der Waals surface area contributed by atoms with Crippen LogP contribution in [0.1, 0.15) is 33.6 Å². The van der Waals surface area contributed by atoms with Gasteiger partial charge in [0.25, 0.3) is 0 Å². The molecule has 166 valence electrons. The van der Waals surface area contributed by atoms with E-state index in [9.17, 15) is 4.79 Å². The summed E-state index contributed by atoms with van der Waals surface area (Å²) in [6.07, 6.45) is 3.14. The zero-order valence-corrected chi connectivity index (χ0v) is 20.5. The van der Waals surface area contributed by atoms with Crippen LogP contribution in [0.5, 0.6) is 0 Å². The smallest absolute Gasteiger partial charge is 0.410 e. The Bertz CT molecular complexity index is 1060. The van der Waals surface area contributed by atoms with Crippen LogP contribution in [0.25, 0.3) is 16.9 Å². The van der Waals surface area contributed by atoms with E-state index in [0.29, 0.717) is 17.2 Å². The van der Waals surface area contributed by atoms with Crippen molar-refractivity contribution in [3.05, 3.63) is 46.0 Å². The Morgan fingerprint density at radius 1 is 1.29 bits per heavy atom. The van der Waals surface area contributed by atoms with Crippen LogP contribution in [0, 0.1) is 0 Å². The van der Waals surface area contributed by atoms with Crippen molar-refractivity contribution in [2.45, 2.75) is 39.2 Å². The third kappa shape index (κ3) is 6.11. The molecule has 0 fully saturated rings. The SMILES string of the molecule is CN(CCCCNc1cc(-c2ccccc2Cl)nc2c(Br)cnn12)C(=O)OC(C)(C)C. The van der Waals surface area contributed by atoms with Crippen molar-refractivity contribution in [3.63, 3.8) is 0 Å². The lowest BCUT2D eigenvalue weighted by Gasteiger charge is -2.24. The number of nitrogens with zero attached hydrogens (tertiary/aromatic N) is 4. The first-order valence-electron chi connectivity index (χ1n) is 10.1. The molecule has 31 heavy (non-hydrogen) atoms. The predicted molar refractivity (Wildman–Crippen MR) is 128 cm³/mol. The van der Waals surface area contributed by atoms with Gasteiger partial charge in [-0.25, -0.2) is 9.78 Å². The van der Waals surface area contributed by atoms with Crippen LogP contribution < -0.4 is 5.32 Å². The van der Waals surface area contributed by atoms with Gasteiger partial charge in [-0.3, -0.25) is 0 Å². The van der Waals surface area contributed by atoms with Crippen molar-refractivity contribution in [3.8, 4) is 11.3 Å². The topological polar surface area (TPSA) is 71.8 Å². The van der Waals surface area contributed by atoms with Crippen LogP contribution in [-0.4, -0.2) is 51.3 Å². The normalized spacial score (nSPS) is 11.5. The molecule has 2 aromatic heterocycles. The molecule has 7 nitrogen and oxygen atoms in total. The molecule has 0 atom stereocenters. The number of unbranched alkanes of at least 4 members (excludes halogenated alkanes) is 1. The maximum absolute atomic E-state index is 12.0. The molecule has 2 heterocycles. The van der Waals surface area contributed by atoms with Crippen LogP contribution in [0.15, 0.2) is 41.0 Å². The van der Waals surface area contributed by atoms with Gasteiger partial charge in [0.15, 0.2) is 5.65 Å². The summed E-state index contributed by atoms with van der Waals surface area (Å²) in [6.45, 7) is 6.94. The van der Waals surface area contributed by atoms with Crippen molar-refractivity contribution in [1.29, 1.82) is 0 Å². The van der Waals surface area contributed by atoms with Crippen molar-refractivity contribution < 1.29 is 9.53 Å². The highest BCUT2D eigenvalue weighted by molar-refractivity contribution is 9.10. The first-order valence-corrected chi connectivity index (χ1v) is 11.3. The number of anilines is 1. The minimum atomic E-state index is -0.489. The van der Waals surface area contributed by atoms with Gasteiger partial charge in [0.2, 0.25) is 0 Å². The number of ether oxygens (including phenoxy) is 1. The Kier molecular flexibility index (Phi) is 7.43. The number of amides is 1. The van der Waals surface area contributed by atoms with Gasteiger partial charge < -0.3 is 15.0 Å². The molecule has 1 aromatic carbocycles. The number of hydrogen-bond donors (Lipinski definition) is 1. The lowest BCUT2D eigenvalue weighted by atomic mass is 10.1. The summed E-state index contributed by atoms with van der Waals surface area (Å²) in [5, 5.41) is 8.48. The van der Waals surface area contributed by atoms with Crippen LogP contribution in [0.2, 0.25) is 5.02 Å². The quantitative estimate of drug-likeness (QED) is 0.404. The number of fused-ring (bicyclic) bond motifs is 1. The summed E-state index contributed by atoms with van der Waals surface area (Å²) in [5.41, 5.74) is 1.86. The molecule has 0 bridgehead atoms. The molecular formula is C22H27BrClN5O2. The van der Waals surface area contributed by atoms with E-state index in [1.807, 2.05) is 51.1 Å². The van der Waals surface area contributed by atoms with Crippen molar-refractivity contribution >= 4 is 45.1 Å². The van der Waals surface area contributed by atoms with E-state index in [1.54, 1.807) is 22.7 Å². The number of carbonyl (C=O) groups is 1. The van der Waals surface area contributed by atoms with Crippen LogP contribution in [-0.2, 0) is 4.74 Å². The monoisotopic (exact) mass is 507 g/mol. The van der Waals surface area contributed by atoms with Crippen LogP contribution in [0.3, 0.4) is 0 Å². The molecule has 0 unspecified atom stereocenters. The summed E-state index contributed by atoms with van der Waals surface area (Å²) in [5.74, 6) is 0.825. The number of hydrogen-bond acceptors (Lipinski definition) is 5. The molecular weight excluding hydrogens is 482 g/mol. The third-order valence-corrected chi connectivity index (χ3v) is 5.40. The molecule has 1 amide bonds. The van der Waals surface area contributed by atoms with E-state index >= 15 is 0 Å². The molecule has 3 aromatic rings. The Balaban J connectivity index is 1.64. The molecule has 0 aliphatic rings. The fourth-order valence-corrected chi connectivity index (χ4v) is 3.57. The van der Waals surface area contributed by atoms with Gasteiger partial charge in [-0.05, 0) is 55.6 Å². The predicted octanol–water partition coefficient (Wildman–Crippen LogP) is 5.87. The van der Waals surface area contributed by atoms with E-state index in [2.05, 4.69) is 26.3 Å². The largest absolute Gasteiger partial charge is 0.444 e. The molecule has 0 saturated carbocycles. The standard InChI is InChI=1S/C22H27BrClN5O2/c1-22(2,3)31-21(30)28(4)12-8-7-11-25-19-13-18(15-9-5-6-10-17(15)24)27-20-16(23)14-26-29(19)20/h5-6,9-10,13-14,25H,7-8,11-12H2,1-4H3. The summed E-state index contributed by atoms with van der Waals surface area (Å²) >= 11 is 9.89. The fraction of sp³-hybridized carbons (Fsp3) is 0.409. The minimum Gasteiger partial charge on any atom is -0.444 e. The molecule has 0 saturated heterocycles. The summed E-state index contributed by atoms with van der Waals surface area (Å²) < 4.78 is 7.95. The summed E-state index contributed by atoms with van der Waals surface area (Å²) in [6, 6.07) is 9.57. The van der Waals surface area contributed by atoms with Gasteiger partial charge in [-0.15, -0.1) is 0 Å². The van der Waals surface area contributed by atoms with E-state index in [-0.39, 0.29) is 6.09 Å². The number of benzene rings is 1. The Morgan fingerprint density at radius 2 is 2.03 bits per heavy atom. The minimum absolute atomic E-state index is 0.304. The van der Waals surface area contributed by atoms with Gasteiger partial charge >= 0.3 is 6.09 Å². The second kappa shape index (κ2) is 9.87. The Hall–Kier alpha value is -2.32. The van der Waals surface area contributed by atoms with Crippen LogP contribution in [0.4, 0.5) is 10.6 Å². The van der Waals surface area contributed by atoms with Crippen molar-refractivity contribution in [2.75, 3.05) is 25.5 Å². The van der Waals surface area contributed by atoms with Gasteiger partial charge in [0, 0.05) is 36.8 Å². The molecule has 9 heteroatoms. The maximum atomic E-state index is 12.0. The van der Waals surface area contributed by atoms with Crippen LogP contribution >= 0.6 is 27.5 Å². The number of nitrogens with one attached hydrogen (secondary N) is 1. The highest BCUT2D eigenvalue weighted by Gasteiger charge is 2.19. The second-order valence-electron chi connectivity index (χ2n) is 8.27. The van der Waals surface area contributed by atoms with E-state index in [4.69, 9.17) is 21.3 Å². The zero-order valence-electron chi connectivity index (χ0n) is 18.2. The van der Waals surface area contributed by atoms with Crippen molar-refractivity contribution in [1.82, 2.24) is 19.5 Å². The molecule has 3 rings (SSSR count). The maximum Gasteiger partial charge on any atom is 0.410 e. The lowest BCUT2D eigenvalue weighted by molar-refractivity contribution is 0.0296. The Labute approximate surface area is 195 Å². The lowest BCUT2D eigenvalue weighted by Crippen LogP contribution is -2.34. The second-order valence-corrected chi connectivity index (χ2v) is 9.53. The summed E-state index contributed by atoms with van der Waals surface area (Å²) in [4.78, 5) is 18.4. The van der Waals surface area contributed by atoms with Gasteiger partial charge in [0.1, 0.15) is 11.4 Å². The number of aromatic nitrogens is 3. The zero-order chi connectivity index (χ0) is 22.6. The first-order chi connectivity index (χ1) is 14.7. The molecule has 1 N–H and O–H groups in total. The Morgan fingerprint density at radius 3 is 2.74 bits per heavy atom. The van der Waals surface area contributed by atoms with E-state index in [1.165, 1.54) is 0 Å². The van der Waals surface area contributed by atoms with E-state index < -0.39 is 5.60 Å². The fourth-order valence-electron chi connectivity index (χ4n) is 2.99. The molecule has 0 spiro atoms. The molecule has 0 aliphatic carbocycles. The molecule has 0 radical (unpaired) electrons. The average Bonchev–Trinajstić information content (AvgIpc) is 3.07.